The molecule has 0 spiro atoms. The van der Waals surface area contributed by atoms with Gasteiger partial charge >= 0.3 is 5.97 Å². The highest BCUT2D eigenvalue weighted by Gasteiger charge is 2.21. The summed E-state index contributed by atoms with van der Waals surface area (Å²) in [5, 5.41) is 9.60. The fourth-order valence-corrected chi connectivity index (χ4v) is 3.68. The van der Waals surface area contributed by atoms with Gasteiger partial charge < -0.3 is 19.5 Å². The Kier molecular flexibility index (Phi) is 4.92. The number of halogens is 1. The van der Waals surface area contributed by atoms with Crippen LogP contribution in [0.4, 0.5) is 10.1 Å². The Morgan fingerprint density at radius 3 is 2.38 bits per heavy atom. The van der Waals surface area contributed by atoms with Crippen molar-refractivity contribution in [2.75, 3.05) is 31.1 Å². The average molecular weight is 396 g/mol. The van der Waals surface area contributed by atoms with E-state index in [1.807, 2.05) is 23.1 Å². The number of benzene rings is 2. The number of carbonyl (C=O) groups excluding carboxylic acids is 1. The number of rotatable bonds is 4. The number of carboxylic acid groups (broad SMARTS) is 1. The molecule has 0 atom stereocenters. The van der Waals surface area contributed by atoms with Gasteiger partial charge in [-0.1, -0.05) is 12.1 Å². The lowest BCUT2D eigenvalue weighted by Gasteiger charge is -2.35. The number of anilines is 1. The second-order valence-electron chi connectivity index (χ2n) is 7.12. The summed E-state index contributed by atoms with van der Waals surface area (Å²) in [4.78, 5) is 31.5. The molecule has 4 rings (SSSR count). The first-order valence-electron chi connectivity index (χ1n) is 9.41. The third-order valence-electron chi connectivity index (χ3n) is 5.27. The fourth-order valence-electron chi connectivity index (χ4n) is 3.68. The molecule has 7 nitrogen and oxygen atoms in total. The van der Waals surface area contributed by atoms with E-state index < -0.39 is 5.97 Å². The minimum atomic E-state index is -1.11. The predicted molar refractivity (Wildman–Crippen MR) is 107 cm³/mol. The number of carboxylic acids is 1. The van der Waals surface area contributed by atoms with Crippen molar-refractivity contribution in [1.82, 2.24) is 14.5 Å². The quantitative estimate of drug-likeness (QED) is 0.733. The lowest BCUT2D eigenvalue weighted by Crippen LogP contribution is -2.48. The summed E-state index contributed by atoms with van der Waals surface area (Å²) >= 11 is 0. The van der Waals surface area contributed by atoms with Crippen LogP contribution in [0, 0.1) is 5.82 Å². The van der Waals surface area contributed by atoms with Gasteiger partial charge in [0.1, 0.15) is 5.82 Å². The number of amides is 1. The van der Waals surface area contributed by atoms with Gasteiger partial charge in [0.2, 0.25) is 11.7 Å². The largest absolute Gasteiger partial charge is 0.475 e. The maximum absolute atomic E-state index is 13.2. The van der Waals surface area contributed by atoms with Crippen molar-refractivity contribution in [3.05, 3.63) is 59.7 Å². The zero-order valence-electron chi connectivity index (χ0n) is 16.0. The standard InChI is InChI=1S/C21H21FN4O3/c1-14(27)24-8-10-25(11-9-24)17-6-7-18-19(12-17)26(20(23-18)21(28)29)13-15-2-4-16(22)5-3-15/h2-7,12H,8-11,13H2,1H3,(H,28,29). The Bertz CT molecular complexity index is 1070. The van der Waals surface area contributed by atoms with E-state index in [-0.39, 0.29) is 24.1 Å². The molecule has 29 heavy (non-hydrogen) atoms. The van der Waals surface area contributed by atoms with Crippen LogP contribution < -0.4 is 4.90 Å². The van der Waals surface area contributed by atoms with Crippen LogP contribution in [0.2, 0.25) is 0 Å². The predicted octanol–water partition coefficient (Wildman–Crippen LogP) is 2.59. The van der Waals surface area contributed by atoms with Gasteiger partial charge in [-0.25, -0.2) is 14.2 Å². The van der Waals surface area contributed by atoms with Crippen LogP contribution in [-0.4, -0.2) is 57.6 Å². The minimum Gasteiger partial charge on any atom is -0.475 e. The summed E-state index contributed by atoms with van der Waals surface area (Å²) in [6.45, 7) is 4.58. The molecule has 1 fully saturated rings. The molecule has 8 heteroatoms. The van der Waals surface area contributed by atoms with Gasteiger partial charge in [-0.15, -0.1) is 0 Å². The monoisotopic (exact) mass is 396 g/mol. The molecule has 2 heterocycles. The van der Waals surface area contributed by atoms with Gasteiger partial charge in [-0.3, -0.25) is 4.79 Å². The summed E-state index contributed by atoms with van der Waals surface area (Å²) in [5.41, 5.74) is 3.04. The molecule has 150 valence electrons. The van der Waals surface area contributed by atoms with Gasteiger partial charge in [-0.05, 0) is 35.9 Å². The first kappa shape index (κ1) is 18.9. The van der Waals surface area contributed by atoms with Gasteiger partial charge in [0, 0.05) is 45.3 Å². The first-order chi connectivity index (χ1) is 13.9. The summed E-state index contributed by atoms with van der Waals surface area (Å²) in [6.07, 6.45) is 0. The van der Waals surface area contributed by atoms with E-state index in [1.54, 1.807) is 23.6 Å². The molecule has 1 amide bonds. The van der Waals surface area contributed by atoms with E-state index in [4.69, 9.17) is 0 Å². The highest BCUT2D eigenvalue weighted by Crippen LogP contribution is 2.25. The Morgan fingerprint density at radius 1 is 1.07 bits per heavy atom. The number of aromatic carboxylic acids is 1. The van der Waals surface area contributed by atoms with Crippen molar-refractivity contribution < 1.29 is 19.1 Å². The third-order valence-corrected chi connectivity index (χ3v) is 5.27. The van der Waals surface area contributed by atoms with E-state index in [0.717, 1.165) is 11.3 Å². The van der Waals surface area contributed by atoms with Gasteiger partial charge in [0.05, 0.1) is 11.0 Å². The molecule has 0 radical (unpaired) electrons. The minimum absolute atomic E-state index is 0.0529. The lowest BCUT2D eigenvalue weighted by atomic mass is 10.2. The number of piperazine rings is 1. The molecule has 3 aromatic rings. The van der Waals surface area contributed by atoms with Crippen LogP contribution in [0.25, 0.3) is 11.0 Å². The van der Waals surface area contributed by atoms with Crippen molar-refractivity contribution in [1.29, 1.82) is 0 Å². The van der Waals surface area contributed by atoms with Gasteiger partial charge in [-0.2, -0.15) is 0 Å². The van der Waals surface area contributed by atoms with Crippen molar-refractivity contribution >= 4 is 28.6 Å². The number of fused-ring (bicyclic) bond motifs is 1. The molecule has 0 bridgehead atoms. The second kappa shape index (κ2) is 7.54. The molecule has 2 aromatic carbocycles. The molecule has 0 unspecified atom stereocenters. The summed E-state index contributed by atoms with van der Waals surface area (Å²) in [5.74, 6) is -1.43. The molecular weight excluding hydrogens is 375 g/mol. The fraction of sp³-hybridized carbons (Fsp3) is 0.286. The smallest absolute Gasteiger partial charge is 0.372 e. The number of nitrogens with zero attached hydrogens (tertiary/aromatic N) is 4. The van der Waals surface area contributed by atoms with Crippen LogP contribution in [-0.2, 0) is 11.3 Å². The van der Waals surface area contributed by atoms with Crippen LogP contribution in [0.5, 0.6) is 0 Å². The van der Waals surface area contributed by atoms with Crippen LogP contribution in [0.3, 0.4) is 0 Å². The van der Waals surface area contributed by atoms with Crippen LogP contribution in [0.15, 0.2) is 42.5 Å². The maximum atomic E-state index is 13.2. The normalized spacial score (nSPS) is 14.4. The number of aromatic nitrogens is 2. The number of hydrogen-bond donors (Lipinski definition) is 1. The molecular formula is C21H21FN4O3. The van der Waals surface area contributed by atoms with Crippen LogP contribution >= 0.6 is 0 Å². The van der Waals surface area contributed by atoms with E-state index in [0.29, 0.717) is 37.2 Å². The maximum Gasteiger partial charge on any atom is 0.372 e. The Balaban J connectivity index is 1.69. The van der Waals surface area contributed by atoms with Crippen molar-refractivity contribution in [3.63, 3.8) is 0 Å². The zero-order valence-corrected chi connectivity index (χ0v) is 16.0. The summed E-state index contributed by atoms with van der Waals surface area (Å²) < 4.78 is 14.9. The Morgan fingerprint density at radius 2 is 1.76 bits per heavy atom. The molecule has 1 aliphatic rings. The second-order valence-corrected chi connectivity index (χ2v) is 7.12. The summed E-state index contributed by atoms with van der Waals surface area (Å²) in [7, 11) is 0. The zero-order chi connectivity index (χ0) is 20.5. The van der Waals surface area contributed by atoms with Gasteiger partial charge in [0.25, 0.3) is 0 Å². The number of imidazole rings is 1. The SMILES string of the molecule is CC(=O)N1CCN(c2ccc3nc(C(=O)O)n(Cc4ccc(F)cc4)c3c2)CC1. The molecule has 1 N–H and O–H groups in total. The highest BCUT2D eigenvalue weighted by molar-refractivity contribution is 5.91. The van der Waals surface area contributed by atoms with E-state index >= 15 is 0 Å². The third kappa shape index (κ3) is 3.78. The van der Waals surface area contributed by atoms with E-state index in [2.05, 4.69) is 9.88 Å². The Hall–Kier alpha value is -3.42. The molecule has 1 aromatic heterocycles. The molecule has 0 saturated carbocycles. The topological polar surface area (TPSA) is 78.7 Å². The average Bonchev–Trinajstić information content (AvgIpc) is 3.08. The molecule has 0 aliphatic carbocycles. The number of carbonyl (C=O) groups is 2. The molecule has 1 saturated heterocycles. The highest BCUT2D eigenvalue weighted by atomic mass is 19.1. The van der Waals surface area contributed by atoms with E-state index in [1.165, 1.54) is 12.1 Å². The molecule has 1 aliphatic heterocycles. The Labute approximate surface area is 167 Å². The number of hydrogen-bond acceptors (Lipinski definition) is 4. The van der Waals surface area contributed by atoms with Crippen molar-refractivity contribution in [2.45, 2.75) is 13.5 Å². The first-order valence-corrected chi connectivity index (χ1v) is 9.41. The summed E-state index contributed by atoms with van der Waals surface area (Å²) in [6, 6.07) is 11.7. The lowest BCUT2D eigenvalue weighted by molar-refractivity contribution is -0.129. The van der Waals surface area contributed by atoms with Crippen molar-refractivity contribution in [2.24, 2.45) is 0 Å². The van der Waals surface area contributed by atoms with Crippen molar-refractivity contribution in [3.8, 4) is 0 Å². The van der Waals surface area contributed by atoms with Gasteiger partial charge in [0.15, 0.2) is 0 Å². The van der Waals surface area contributed by atoms with Crippen LogP contribution in [0.1, 0.15) is 23.1 Å². The van der Waals surface area contributed by atoms with E-state index in [9.17, 15) is 19.1 Å².